The van der Waals surface area contributed by atoms with E-state index in [-0.39, 0.29) is 5.54 Å². The van der Waals surface area contributed by atoms with Crippen molar-refractivity contribution in [2.75, 3.05) is 20.6 Å². The van der Waals surface area contributed by atoms with Gasteiger partial charge in [-0.1, -0.05) is 0 Å². The summed E-state index contributed by atoms with van der Waals surface area (Å²) in [5, 5.41) is 3.49. The van der Waals surface area contributed by atoms with Crippen LogP contribution in [0.3, 0.4) is 0 Å². The van der Waals surface area contributed by atoms with Crippen LogP contribution in [0.4, 0.5) is 0 Å². The maximum Gasteiger partial charge on any atom is 0.184 e. The Kier molecular flexibility index (Phi) is 6.58. The molecular weight excluding hydrogens is 178 g/mol. The summed E-state index contributed by atoms with van der Waals surface area (Å²) in [7, 11) is 3.27. The van der Waals surface area contributed by atoms with Gasteiger partial charge in [-0.05, 0) is 53.9 Å². The van der Waals surface area contributed by atoms with Crippen LogP contribution in [0.5, 0.6) is 0 Å². The molecule has 4 heteroatoms. The first-order valence-electron chi connectivity index (χ1n) is 5.09. The average molecular weight is 203 g/mol. The topological polar surface area (TPSA) is 36.1 Å². The van der Waals surface area contributed by atoms with Gasteiger partial charge in [0.05, 0.1) is 0 Å². The molecule has 0 unspecified atom stereocenters. The van der Waals surface area contributed by atoms with Gasteiger partial charge in [-0.15, -0.1) is 0 Å². The Bertz CT molecular complexity index is 119. The van der Waals surface area contributed by atoms with Gasteiger partial charge in [-0.25, -0.2) is 0 Å². The molecule has 0 amide bonds. The van der Waals surface area contributed by atoms with Gasteiger partial charge >= 0.3 is 0 Å². The molecule has 3 N–H and O–H groups in total. The first kappa shape index (κ1) is 13.1. The van der Waals surface area contributed by atoms with Crippen molar-refractivity contribution in [3.05, 3.63) is 0 Å². The Hall–Kier alpha value is 0.0969. The highest BCUT2D eigenvalue weighted by atomic mass is 28.3. The molecular formula is C9H25N3Si. The van der Waals surface area contributed by atoms with E-state index in [0.717, 1.165) is 6.54 Å². The Morgan fingerprint density at radius 3 is 2.00 bits per heavy atom. The zero-order valence-corrected chi connectivity index (χ0v) is 10.9. The van der Waals surface area contributed by atoms with Crippen LogP contribution in [0, 0.1) is 0 Å². The van der Waals surface area contributed by atoms with E-state index >= 15 is 0 Å². The molecule has 0 saturated heterocycles. The number of rotatable bonds is 6. The fourth-order valence-corrected chi connectivity index (χ4v) is 2.68. The Labute approximate surface area is 84.4 Å². The minimum Gasteiger partial charge on any atom is -0.331 e. The molecule has 0 aromatic carbocycles. The Morgan fingerprint density at radius 2 is 1.62 bits per heavy atom. The molecule has 0 heterocycles. The summed E-state index contributed by atoms with van der Waals surface area (Å²) in [6.07, 6.45) is 1.26. The number of nitrogens with one attached hydrogen (secondary N) is 3. The predicted molar refractivity (Wildman–Crippen MR) is 62.4 cm³/mol. The molecule has 0 aliphatic carbocycles. The molecule has 0 bridgehead atoms. The summed E-state index contributed by atoms with van der Waals surface area (Å²) in [4.78, 5) is 6.70. The molecule has 0 spiro atoms. The van der Waals surface area contributed by atoms with Gasteiger partial charge in [0, 0.05) is 5.54 Å². The van der Waals surface area contributed by atoms with Crippen LogP contribution in [0.25, 0.3) is 0 Å². The first-order valence-corrected chi connectivity index (χ1v) is 7.06. The summed E-state index contributed by atoms with van der Waals surface area (Å²) >= 11 is 0. The van der Waals surface area contributed by atoms with Crippen molar-refractivity contribution in [2.45, 2.75) is 38.8 Å². The van der Waals surface area contributed by atoms with Gasteiger partial charge < -0.3 is 15.3 Å². The fraction of sp³-hybridized carbons (Fsp3) is 1.00. The highest BCUT2D eigenvalue weighted by Crippen LogP contribution is 1.99. The van der Waals surface area contributed by atoms with E-state index in [1.807, 2.05) is 14.1 Å². The maximum atomic E-state index is 3.49. The van der Waals surface area contributed by atoms with E-state index in [9.17, 15) is 0 Å². The smallest absolute Gasteiger partial charge is 0.184 e. The lowest BCUT2D eigenvalue weighted by Crippen LogP contribution is -2.44. The summed E-state index contributed by atoms with van der Waals surface area (Å²) in [5.74, 6) is 0. The van der Waals surface area contributed by atoms with Crippen LogP contribution < -0.4 is 15.3 Å². The zero-order chi connectivity index (χ0) is 10.3. The van der Waals surface area contributed by atoms with Crippen LogP contribution in [0.15, 0.2) is 0 Å². The van der Waals surface area contributed by atoms with Crippen molar-refractivity contribution in [3.8, 4) is 0 Å². The highest BCUT2D eigenvalue weighted by molar-refractivity contribution is 6.53. The second-order valence-electron chi connectivity index (χ2n) is 4.45. The largest absolute Gasteiger partial charge is 0.331 e. The molecule has 80 valence electrons. The lowest BCUT2D eigenvalue weighted by molar-refractivity contribution is 0.426. The molecule has 0 aliphatic rings. The van der Waals surface area contributed by atoms with Gasteiger partial charge in [0.25, 0.3) is 0 Å². The summed E-state index contributed by atoms with van der Waals surface area (Å²) in [6.45, 7) is 7.74. The lowest BCUT2D eigenvalue weighted by Gasteiger charge is -2.21. The third-order valence-electron chi connectivity index (χ3n) is 2.02. The van der Waals surface area contributed by atoms with Crippen molar-refractivity contribution in [3.63, 3.8) is 0 Å². The maximum absolute atomic E-state index is 3.49. The van der Waals surface area contributed by atoms with E-state index in [2.05, 4.69) is 36.1 Å². The van der Waals surface area contributed by atoms with E-state index < -0.39 is 9.12 Å². The van der Waals surface area contributed by atoms with Gasteiger partial charge in [-0.2, -0.15) is 0 Å². The van der Waals surface area contributed by atoms with Crippen molar-refractivity contribution in [1.29, 1.82) is 0 Å². The lowest BCUT2D eigenvalue weighted by atomic mass is 10.1. The second kappa shape index (κ2) is 6.54. The minimum atomic E-state index is -0.818. The van der Waals surface area contributed by atoms with Crippen LogP contribution >= 0.6 is 0 Å². The van der Waals surface area contributed by atoms with Gasteiger partial charge in [0.15, 0.2) is 9.12 Å². The molecule has 0 rings (SSSR count). The molecule has 0 radical (unpaired) electrons. The normalized spacial score (nSPS) is 12.5. The van der Waals surface area contributed by atoms with Crippen LogP contribution in [0.1, 0.15) is 27.2 Å². The molecule has 0 atom stereocenters. The molecule has 0 aromatic rings. The third-order valence-corrected chi connectivity index (χ3v) is 4.40. The average Bonchev–Trinajstić information content (AvgIpc) is 2.03. The van der Waals surface area contributed by atoms with E-state index in [0.29, 0.717) is 0 Å². The third kappa shape index (κ3) is 8.43. The predicted octanol–water partition coefficient (Wildman–Crippen LogP) is 0.424. The Balaban J connectivity index is 3.34. The van der Waals surface area contributed by atoms with Gasteiger partial charge in [0.2, 0.25) is 0 Å². The molecule has 0 aromatic heterocycles. The highest BCUT2D eigenvalue weighted by Gasteiger charge is 2.09. The molecule has 0 fully saturated rings. The quantitative estimate of drug-likeness (QED) is 0.433. The summed E-state index contributed by atoms with van der Waals surface area (Å²) in [6, 6.07) is 1.30. The molecule has 3 nitrogen and oxygen atoms in total. The zero-order valence-electron chi connectivity index (χ0n) is 9.70. The summed E-state index contributed by atoms with van der Waals surface area (Å²) in [5.41, 5.74) is 0.260. The van der Waals surface area contributed by atoms with Gasteiger partial charge in [0.1, 0.15) is 0 Å². The van der Waals surface area contributed by atoms with Crippen molar-refractivity contribution < 1.29 is 0 Å². The van der Waals surface area contributed by atoms with E-state index in [1.54, 1.807) is 0 Å². The van der Waals surface area contributed by atoms with Crippen LogP contribution in [-0.2, 0) is 0 Å². The monoisotopic (exact) mass is 203 g/mol. The fourth-order valence-electron chi connectivity index (χ4n) is 1.20. The SMILES string of the molecule is CN[SiH](CCCNC(C)(C)C)NC. The van der Waals surface area contributed by atoms with Crippen molar-refractivity contribution in [1.82, 2.24) is 15.3 Å². The number of hydrogen-bond donors (Lipinski definition) is 3. The minimum absolute atomic E-state index is 0.260. The molecule has 13 heavy (non-hydrogen) atoms. The van der Waals surface area contributed by atoms with Crippen molar-refractivity contribution in [2.24, 2.45) is 0 Å². The second-order valence-corrected chi connectivity index (χ2v) is 7.29. The Morgan fingerprint density at radius 1 is 1.08 bits per heavy atom. The molecule has 0 saturated carbocycles. The van der Waals surface area contributed by atoms with E-state index in [4.69, 9.17) is 0 Å². The van der Waals surface area contributed by atoms with Crippen LogP contribution in [0.2, 0.25) is 6.04 Å². The van der Waals surface area contributed by atoms with E-state index in [1.165, 1.54) is 12.5 Å². The van der Waals surface area contributed by atoms with Crippen LogP contribution in [-0.4, -0.2) is 35.3 Å². The van der Waals surface area contributed by atoms with Crippen molar-refractivity contribution >= 4 is 9.12 Å². The molecule has 0 aliphatic heterocycles. The summed E-state index contributed by atoms with van der Waals surface area (Å²) < 4.78 is 0. The van der Waals surface area contributed by atoms with Gasteiger partial charge in [-0.3, -0.25) is 0 Å². The number of hydrogen-bond acceptors (Lipinski definition) is 3. The first-order chi connectivity index (χ1) is 5.99. The standard InChI is InChI=1S/C9H25N3Si/c1-9(2,3)12-7-6-8-13(10-4)11-5/h10-13H,6-8H2,1-5H3.